The van der Waals surface area contributed by atoms with Gasteiger partial charge in [0.25, 0.3) is 0 Å². The van der Waals surface area contributed by atoms with Crippen LogP contribution >= 0.6 is 11.6 Å². The van der Waals surface area contributed by atoms with Crippen molar-refractivity contribution in [3.05, 3.63) is 46.8 Å². The molecule has 0 atom stereocenters. The lowest BCUT2D eigenvalue weighted by atomic mass is 10.2. The van der Waals surface area contributed by atoms with Gasteiger partial charge >= 0.3 is 0 Å². The second kappa shape index (κ2) is 4.81. The number of hydrogen-bond acceptors (Lipinski definition) is 4. The van der Waals surface area contributed by atoms with Crippen LogP contribution in [0.2, 0.25) is 5.02 Å². The highest BCUT2D eigenvalue weighted by Gasteiger charge is 2.05. The zero-order valence-corrected chi connectivity index (χ0v) is 8.98. The van der Waals surface area contributed by atoms with E-state index in [4.69, 9.17) is 20.9 Å². The Morgan fingerprint density at radius 1 is 1.44 bits per heavy atom. The highest BCUT2D eigenvalue weighted by Crippen LogP contribution is 2.22. The first kappa shape index (κ1) is 10.7. The minimum absolute atomic E-state index is 0.225. The van der Waals surface area contributed by atoms with Gasteiger partial charge in [0.05, 0.1) is 11.8 Å². The van der Waals surface area contributed by atoms with Crippen LogP contribution in [0.5, 0.6) is 5.75 Å². The van der Waals surface area contributed by atoms with E-state index in [9.17, 15) is 4.79 Å². The predicted molar refractivity (Wildman–Crippen MR) is 57.7 cm³/mol. The fraction of sp³-hybridized carbons (Fsp3) is 0.0909. The second-order valence-electron chi connectivity index (χ2n) is 3.07. The first-order valence-electron chi connectivity index (χ1n) is 4.56. The molecule has 0 spiro atoms. The lowest BCUT2D eigenvalue weighted by molar-refractivity contribution is 0.111. The van der Waals surface area contributed by atoms with Crippen LogP contribution in [0.1, 0.15) is 16.1 Å². The van der Waals surface area contributed by atoms with Crippen molar-refractivity contribution < 1.29 is 14.1 Å². The summed E-state index contributed by atoms with van der Waals surface area (Å²) in [5.41, 5.74) is 0.409. The minimum atomic E-state index is 0.225. The fourth-order valence-electron chi connectivity index (χ4n) is 1.21. The van der Waals surface area contributed by atoms with Crippen LogP contribution in [0.25, 0.3) is 0 Å². The lowest BCUT2D eigenvalue weighted by Gasteiger charge is -2.06. The van der Waals surface area contributed by atoms with Gasteiger partial charge in [-0.25, -0.2) is 0 Å². The van der Waals surface area contributed by atoms with Crippen molar-refractivity contribution in [2.24, 2.45) is 0 Å². The van der Waals surface area contributed by atoms with E-state index in [1.54, 1.807) is 24.3 Å². The monoisotopic (exact) mass is 237 g/mol. The van der Waals surface area contributed by atoms with Gasteiger partial charge in [-0.3, -0.25) is 4.79 Å². The standard InChI is InChI=1S/C11H8ClNO3/c12-9-1-2-11(8(5-9)6-14)15-7-10-3-4-13-16-10/h1-6H,7H2. The Morgan fingerprint density at radius 3 is 3.00 bits per heavy atom. The molecule has 1 aromatic carbocycles. The molecule has 0 saturated carbocycles. The average molecular weight is 238 g/mol. The Hall–Kier alpha value is -1.81. The van der Waals surface area contributed by atoms with Gasteiger partial charge in [0.1, 0.15) is 12.4 Å². The highest BCUT2D eigenvalue weighted by molar-refractivity contribution is 6.30. The molecule has 0 saturated heterocycles. The van der Waals surface area contributed by atoms with E-state index in [1.807, 2.05) is 0 Å². The number of halogens is 1. The Morgan fingerprint density at radius 2 is 2.31 bits per heavy atom. The molecule has 2 aromatic rings. The molecule has 4 nitrogen and oxygen atoms in total. The molecule has 0 radical (unpaired) electrons. The topological polar surface area (TPSA) is 52.3 Å². The van der Waals surface area contributed by atoms with Crippen molar-refractivity contribution in [2.45, 2.75) is 6.61 Å². The van der Waals surface area contributed by atoms with Crippen molar-refractivity contribution in [2.75, 3.05) is 0 Å². The van der Waals surface area contributed by atoms with Crippen LogP contribution in [0.3, 0.4) is 0 Å². The molecule has 0 aliphatic carbocycles. The van der Waals surface area contributed by atoms with Crippen LogP contribution in [0.4, 0.5) is 0 Å². The van der Waals surface area contributed by atoms with Crippen LogP contribution in [-0.2, 0) is 6.61 Å². The van der Waals surface area contributed by atoms with Crippen molar-refractivity contribution in [3.63, 3.8) is 0 Å². The second-order valence-corrected chi connectivity index (χ2v) is 3.50. The molecule has 0 amide bonds. The Labute approximate surface area is 96.8 Å². The molecule has 1 aromatic heterocycles. The summed E-state index contributed by atoms with van der Waals surface area (Å²) >= 11 is 5.75. The zero-order chi connectivity index (χ0) is 11.4. The normalized spacial score (nSPS) is 10.1. The number of ether oxygens (including phenoxy) is 1. The van der Waals surface area contributed by atoms with Gasteiger partial charge < -0.3 is 9.26 Å². The molecule has 1 heterocycles. The summed E-state index contributed by atoms with van der Waals surface area (Å²) in [5, 5.41) is 4.04. The number of carbonyl (C=O) groups excluding carboxylic acids is 1. The van der Waals surface area contributed by atoms with Crippen LogP contribution < -0.4 is 4.74 Å². The van der Waals surface area contributed by atoms with Crippen LogP contribution in [0, 0.1) is 0 Å². The number of carbonyl (C=O) groups is 1. The number of aromatic nitrogens is 1. The van der Waals surface area contributed by atoms with Crippen molar-refractivity contribution in [1.82, 2.24) is 5.16 Å². The van der Waals surface area contributed by atoms with E-state index in [2.05, 4.69) is 5.16 Å². The van der Waals surface area contributed by atoms with Gasteiger partial charge in [0.15, 0.2) is 12.0 Å². The number of nitrogens with zero attached hydrogens (tertiary/aromatic N) is 1. The maximum atomic E-state index is 10.8. The lowest BCUT2D eigenvalue weighted by Crippen LogP contribution is -1.97. The summed E-state index contributed by atoms with van der Waals surface area (Å²) in [4.78, 5) is 10.8. The third kappa shape index (κ3) is 2.41. The summed E-state index contributed by atoms with van der Waals surface area (Å²) < 4.78 is 10.3. The Balaban J connectivity index is 2.12. The third-order valence-electron chi connectivity index (χ3n) is 1.96. The zero-order valence-electron chi connectivity index (χ0n) is 8.22. The Bertz CT molecular complexity index is 482. The summed E-state index contributed by atoms with van der Waals surface area (Å²) in [6, 6.07) is 6.54. The van der Waals surface area contributed by atoms with Gasteiger partial charge in [-0.2, -0.15) is 0 Å². The molecule has 0 N–H and O–H groups in total. The third-order valence-corrected chi connectivity index (χ3v) is 2.20. The van der Waals surface area contributed by atoms with Crippen LogP contribution in [-0.4, -0.2) is 11.4 Å². The number of benzene rings is 1. The van der Waals surface area contributed by atoms with E-state index in [1.165, 1.54) is 6.20 Å². The van der Waals surface area contributed by atoms with Gasteiger partial charge in [-0.1, -0.05) is 16.8 Å². The van der Waals surface area contributed by atoms with E-state index >= 15 is 0 Å². The molecule has 82 valence electrons. The summed E-state index contributed by atoms with van der Waals surface area (Å²) in [6.07, 6.45) is 2.22. The van der Waals surface area contributed by atoms with Gasteiger partial charge in [-0.05, 0) is 18.2 Å². The number of rotatable bonds is 4. The molecular weight excluding hydrogens is 230 g/mol. The smallest absolute Gasteiger partial charge is 0.174 e. The quantitative estimate of drug-likeness (QED) is 0.768. The predicted octanol–water partition coefficient (Wildman–Crippen LogP) is 2.72. The van der Waals surface area contributed by atoms with E-state index < -0.39 is 0 Å². The minimum Gasteiger partial charge on any atom is -0.485 e. The molecule has 0 aliphatic heterocycles. The highest BCUT2D eigenvalue weighted by atomic mass is 35.5. The Kier molecular flexibility index (Phi) is 3.22. The number of hydrogen-bond donors (Lipinski definition) is 0. The molecule has 2 rings (SSSR count). The maximum Gasteiger partial charge on any atom is 0.174 e. The fourth-order valence-corrected chi connectivity index (χ4v) is 1.39. The SMILES string of the molecule is O=Cc1cc(Cl)ccc1OCc1ccno1. The molecule has 0 aliphatic rings. The van der Waals surface area contributed by atoms with Crippen molar-refractivity contribution >= 4 is 17.9 Å². The first-order valence-corrected chi connectivity index (χ1v) is 4.94. The van der Waals surface area contributed by atoms with E-state index in [-0.39, 0.29) is 6.61 Å². The molecule has 0 fully saturated rings. The average Bonchev–Trinajstić information content (AvgIpc) is 2.80. The molecular formula is C11H8ClNO3. The summed E-state index contributed by atoms with van der Waals surface area (Å²) in [5.74, 6) is 1.06. The maximum absolute atomic E-state index is 10.8. The molecule has 0 unspecified atom stereocenters. The van der Waals surface area contributed by atoms with E-state index in [0.717, 1.165) is 0 Å². The summed E-state index contributed by atoms with van der Waals surface area (Å²) in [6.45, 7) is 0.225. The molecule has 0 bridgehead atoms. The number of aldehydes is 1. The van der Waals surface area contributed by atoms with Crippen molar-refractivity contribution in [3.8, 4) is 5.75 Å². The van der Waals surface area contributed by atoms with Crippen molar-refractivity contribution in [1.29, 1.82) is 0 Å². The van der Waals surface area contributed by atoms with E-state index in [0.29, 0.717) is 28.4 Å². The van der Waals surface area contributed by atoms with Crippen LogP contribution in [0.15, 0.2) is 35.0 Å². The largest absolute Gasteiger partial charge is 0.485 e. The van der Waals surface area contributed by atoms with Gasteiger partial charge in [-0.15, -0.1) is 0 Å². The summed E-state index contributed by atoms with van der Waals surface area (Å²) in [7, 11) is 0. The molecule has 5 heteroatoms. The molecule has 16 heavy (non-hydrogen) atoms. The van der Waals surface area contributed by atoms with Gasteiger partial charge in [0.2, 0.25) is 0 Å². The first-order chi connectivity index (χ1) is 7.79. The van der Waals surface area contributed by atoms with Gasteiger partial charge in [0, 0.05) is 11.1 Å².